The average molecular weight is 350 g/mol. The minimum Gasteiger partial charge on any atom is -0.352 e. The Morgan fingerprint density at radius 1 is 1.00 bits per heavy atom. The van der Waals surface area contributed by atoms with Crippen LogP contribution < -0.4 is 5.32 Å². The lowest BCUT2D eigenvalue weighted by atomic mass is 10.1. The molecule has 3 amide bonds. The molecule has 0 spiro atoms. The van der Waals surface area contributed by atoms with E-state index >= 15 is 0 Å². The summed E-state index contributed by atoms with van der Waals surface area (Å²) in [7, 11) is 0. The maximum absolute atomic E-state index is 12.5. The molecule has 1 aliphatic rings. The van der Waals surface area contributed by atoms with Gasteiger partial charge in [-0.2, -0.15) is 0 Å². The van der Waals surface area contributed by atoms with E-state index in [1.54, 1.807) is 42.5 Å². The summed E-state index contributed by atoms with van der Waals surface area (Å²) in [6.07, 6.45) is 0.917. The summed E-state index contributed by atoms with van der Waals surface area (Å²) in [5, 5.41) is 2.90. The summed E-state index contributed by atoms with van der Waals surface area (Å²) in [5.74, 6) is -0.208. The molecule has 0 unspecified atom stereocenters. The largest absolute Gasteiger partial charge is 0.352 e. The predicted molar refractivity (Wildman–Crippen MR) is 98.9 cm³/mol. The molecule has 0 aromatic heterocycles. The van der Waals surface area contributed by atoms with Gasteiger partial charge < -0.3 is 5.32 Å². The minimum absolute atomic E-state index is 0.144. The smallest absolute Gasteiger partial charge is 0.261 e. The van der Waals surface area contributed by atoms with Gasteiger partial charge in [-0.1, -0.05) is 38.1 Å². The lowest BCUT2D eigenvalue weighted by Gasteiger charge is -2.14. The van der Waals surface area contributed by atoms with Crippen LogP contribution in [0, 0.1) is 5.92 Å². The van der Waals surface area contributed by atoms with Crippen LogP contribution >= 0.6 is 0 Å². The molecule has 0 atom stereocenters. The van der Waals surface area contributed by atoms with Gasteiger partial charge in [-0.05, 0) is 42.2 Å². The number of benzene rings is 2. The van der Waals surface area contributed by atoms with Crippen LogP contribution in [0.5, 0.6) is 0 Å². The fraction of sp³-hybridized carbons (Fsp3) is 0.286. The molecule has 26 heavy (non-hydrogen) atoms. The number of fused-ring (bicyclic) bond motifs is 1. The number of nitrogens with zero attached hydrogens (tertiary/aromatic N) is 1. The van der Waals surface area contributed by atoms with E-state index in [-0.39, 0.29) is 24.3 Å². The highest BCUT2D eigenvalue weighted by atomic mass is 16.2. The van der Waals surface area contributed by atoms with E-state index in [0.29, 0.717) is 29.2 Å². The molecule has 0 aliphatic carbocycles. The zero-order chi connectivity index (χ0) is 18.7. The number of hydrogen-bond acceptors (Lipinski definition) is 3. The summed E-state index contributed by atoms with van der Waals surface area (Å²) in [6, 6.07) is 13.9. The Kier molecular flexibility index (Phi) is 5.16. The first-order valence-corrected chi connectivity index (χ1v) is 8.79. The molecule has 134 valence electrons. The SMILES string of the molecule is CC(C)CCNC(=O)c1cccc(CN2C(=O)c3ccccc3C2=O)c1. The first kappa shape index (κ1) is 17.9. The van der Waals surface area contributed by atoms with Crippen LogP contribution in [-0.2, 0) is 6.54 Å². The summed E-state index contributed by atoms with van der Waals surface area (Å²) >= 11 is 0. The second-order valence-electron chi connectivity index (χ2n) is 6.88. The lowest BCUT2D eigenvalue weighted by molar-refractivity contribution is 0.0642. The molecule has 2 aromatic rings. The third kappa shape index (κ3) is 3.67. The first-order chi connectivity index (χ1) is 12.5. The molecular formula is C21H22N2O3. The van der Waals surface area contributed by atoms with Crippen LogP contribution in [-0.4, -0.2) is 29.2 Å². The van der Waals surface area contributed by atoms with E-state index < -0.39 is 0 Å². The number of rotatable bonds is 6. The fourth-order valence-electron chi connectivity index (χ4n) is 2.95. The van der Waals surface area contributed by atoms with Gasteiger partial charge in [-0.3, -0.25) is 19.3 Å². The lowest BCUT2D eigenvalue weighted by Crippen LogP contribution is -2.29. The molecule has 0 radical (unpaired) electrons. The molecule has 0 bridgehead atoms. The van der Waals surface area contributed by atoms with Gasteiger partial charge in [0.2, 0.25) is 0 Å². The van der Waals surface area contributed by atoms with Crippen molar-refractivity contribution in [3.63, 3.8) is 0 Å². The van der Waals surface area contributed by atoms with Crippen molar-refractivity contribution < 1.29 is 14.4 Å². The quantitative estimate of drug-likeness (QED) is 0.813. The molecule has 2 aromatic carbocycles. The Hall–Kier alpha value is -2.95. The topological polar surface area (TPSA) is 66.5 Å². The second-order valence-corrected chi connectivity index (χ2v) is 6.88. The van der Waals surface area contributed by atoms with E-state index in [9.17, 15) is 14.4 Å². The van der Waals surface area contributed by atoms with E-state index in [1.807, 2.05) is 6.07 Å². The van der Waals surface area contributed by atoms with Gasteiger partial charge in [-0.15, -0.1) is 0 Å². The van der Waals surface area contributed by atoms with Gasteiger partial charge in [-0.25, -0.2) is 0 Å². The van der Waals surface area contributed by atoms with Gasteiger partial charge >= 0.3 is 0 Å². The maximum atomic E-state index is 12.5. The van der Waals surface area contributed by atoms with Gasteiger partial charge in [0, 0.05) is 12.1 Å². The standard InChI is InChI=1S/C21H22N2O3/c1-14(2)10-11-22-19(24)16-7-5-6-15(12-16)13-23-20(25)17-8-3-4-9-18(17)21(23)26/h3-9,12,14H,10-11,13H2,1-2H3,(H,22,24). The van der Waals surface area contributed by atoms with Crippen molar-refractivity contribution in [1.29, 1.82) is 0 Å². The minimum atomic E-state index is -0.294. The highest BCUT2D eigenvalue weighted by Gasteiger charge is 2.34. The predicted octanol–water partition coefficient (Wildman–Crippen LogP) is 3.26. The third-order valence-corrected chi connectivity index (χ3v) is 4.42. The Bertz CT molecular complexity index is 823. The van der Waals surface area contributed by atoms with Crippen molar-refractivity contribution in [2.24, 2.45) is 5.92 Å². The van der Waals surface area contributed by atoms with Crippen molar-refractivity contribution in [3.8, 4) is 0 Å². The van der Waals surface area contributed by atoms with Gasteiger partial charge in [0.25, 0.3) is 17.7 Å². The Balaban J connectivity index is 1.71. The second kappa shape index (κ2) is 7.52. The maximum Gasteiger partial charge on any atom is 0.261 e. The molecule has 5 heteroatoms. The fourth-order valence-corrected chi connectivity index (χ4v) is 2.95. The number of imide groups is 1. The van der Waals surface area contributed by atoms with Crippen LogP contribution in [0.15, 0.2) is 48.5 Å². The molecule has 1 N–H and O–H groups in total. The van der Waals surface area contributed by atoms with E-state index in [4.69, 9.17) is 0 Å². The summed E-state index contributed by atoms with van der Waals surface area (Å²) in [6.45, 7) is 4.99. The van der Waals surface area contributed by atoms with Gasteiger partial charge in [0.15, 0.2) is 0 Å². The van der Waals surface area contributed by atoms with Gasteiger partial charge in [0.1, 0.15) is 0 Å². The number of amides is 3. The van der Waals surface area contributed by atoms with Crippen molar-refractivity contribution in [2.45, 2.75) is 26.8 Å². The van der Waals surface area contributed by atoms with Crippen molar-refractivity contribution in [1.82, 2.24) is 10.2 Å². The monoisotopic (exact) mass is 350 g/mol. The van der Waals surface area contributed by atoms with E-state index in [0.717, 1.165) is 12.0 Å². The van der Waals surface area contributed by atoms with Crippen LogP contribution in [0.1, 0.15) is 56.9 Å². The molecular weight excluding hydrogens is 328 g/mol. The number of hydrogen-bond donors (Lipinski definition) is 1. The van der Waals surface area contributed by atoms with Crippen molar-refractivity contribution in [3.05, 3.63) is 70.8 Å². The van der Waals surface area contributed by atoms with Crippen molar-refractivity contribution >= 4 is 17.7 Å². The Labute approximate surface area is 153 Å². The third-order valence-electron chi connectivity index (χ3n) is 4.42. The first-order valence-electron chi connectivity index (χ1n) is 8.79. The molecule has 1 aliphatic heterocycles. The highest BCUT2D eigenvalue weighted by Crippen LogP contribution is 2.24. The number of carbonyl (C=O) groups is 3. The Morgan fingerprint density at radius 2 is 1.65 bits per heavy atom. The summed E-state index contributed by atoms with van der Waals surface area (Å²) in [5.41, 5.74) is 2.14. The summed E-state index contributed by atoms with van der Waals surface area (Å²) < 4.78 is 0. The van der Waals surface area contributed by atoms with E-state index in [1.165, 1.54) is 4.90 Å². The number of nitrogens with one attached hydrogen (secondary N) is 1. The highest BCUT2D eigenvalue weighted by molar-refractivity contribution is 6.21. The summed E-state index contributed by atoms with van der Waals surface area (Å²) in [4.78, 5) is 38.4. The molecule has 5 nitrogen and oxygen atoms in total. The van der Waals surface area contributed by atoms with Crippen LogP contribution in [0.25, 0.3) is 0 Å². The normalized spacial score (nSPS) is 13.3. The molecule has 0 saturated carbocycles. The van der Waals surface area contributed by atoms with Gasteiger partial charge in [0.05, 0.1) is 17.7 Å². The zero-order valence-electron chi connectivity index (χ0n) is 15.0. The zero-order valence-corrected chi connectivity index (χ0v) is 15.0. The number of carbonyl (C=O) groups excluding carboxylic acids is 3. The van der Waals surface area contributed by atoms with Crippen LogP contribution in [0.3, 0.4) is 0 Å². The van der Waals surface area contributed by atoms with Crippen LogP contribution in [0.4, 0.5) is 0 Å². The average Bonchev–Trinajstić information content (AvgIpc) is 2.87. The molecule has 3 rings (SSSR count). The Morgan fingerprint density at radius 3 is 2.27 bits per heavy atom. The van der Waals surface area contributed by atoms with Crippen molar-refractivity contribution in [2.75, 3.05) is 6.54 Å². The van der Waals surface area contributed by atoms with Crippen LogP contribution in [0.2, 0.25) is 0 Å². The molecule has 1 heterocycles. The molecule has 0 fully saturated rings. The molecule has 0 saturated heterocycles. The van der Waals surface area contributed by atoms with E-state index in [2.05, 4.69) is 19.2 Å².